The predicted molar refractivity (Wildman–Crippen MR) is 126 cm³/mol. The summed E-state index contributed by atoms with van der Waals surface area (Å²) >= 11 is 1.29. The number of anilines is 1. The summed E-state index contributed by atoms with van der Waals surface area (Å²) in [6.07, 6.45) is 1.30. The van der Waals surface area contributed by atoms with E-state index in [9.17, 15) is 14.0 Å². The first-order valence-electron chi connectivity index (χ1n) is 10.8. The van der Waals surface area contributed by atoms with E-state index >= 15 is 0 Å². The largest absolute Gasteiger partial charge is 0.493 e. The van der Waals surface area contributed by atoms with Gasteiger partial charge in [0.1, 0.15) is 10.8 Å². The van der Waals surface area contributed by atoms with E-state index in [-0.39, 0.29) is 24.1 Å². The van der Waals surface area contributed by atoms with Gasteiger partial charge in [0.05, 0.1) is 20.1 Å². The molecule has 1 aliphatic rings. The van der Waals surface area contributed by atoms with Crippen LogP contribution in [0.4, 0.5) is 9.52 Å². The summed E-state index contributed by atoms with van der Waals surface area (Å²) < 4.78 is 23.6. The standard InChI is InChI=1S/C24H25FN4O4S/c1-32-19-8-5-16(11-20(19)33-2)12-21-27-28-24(34-21)26-23(31)17-13-22(30)29(14-17)10-9-15-3-6-18(25)7-4-15/h3-8,11,17H,9-10,12-14H2,1-2H3,(H,26,28,31)/t17-/m0/s1. The first kappa shape index (κ1) is 23.6. The van der Waals surface area contributed by atoms with Crippen LogP contribution in [0.2, 0.25) is 0 Å². The van der Waals surface area contributed by atoms with E-state index in [0.29, 0.717) is 42.6 Å². The SMILES string of the molecule is COc1ccc(Cc2nnc(NC(=O)[C@H]3CC(=O)N(CCc4ccc(F)cc4)C3)s2)cc1OC. The van der Waals surface area contributed by atoms with Gasteiger partial charge in [-0.2, -0.15) is 0 Å². The predicted octanol–water partition coefficient (Wildman–Crippen LogP) is 3.31. The highest BCUT2D eigenvalue weighted by atomic mass is 32.1. The smallest absolute Gasteiger partial charge is 0.231 e. The Balaban J connectivity index is 1.30. The monoisotopic (exact) mass is 484 g/mol. The van der Waals surface area contributed by atoms with Crippen molar-refractivity contribution in [1.29, 1.82) is 0 Å². The lowest BCUT2D eigenvalue weighted by Gasteiger charge is -2.16. The molecule has 1 atom stereocenters. The zero-order valence-corrected chi connectivity index (χ0v) is 19.7. The van der Waals surface area contributed by atoms with Crippen molar-refractivity contribution in [1.82, 2.24) is 15.1 Å². The van der Waals surface area contributed by atoms with Gasteiger partial charge in [-0.15, -0.1) is 10.2 Å². The highest BCUT2D eigenvalue weighted by Gasteiger charge is 2.34. The van der Waals surface area contributed by atoms with Gasteiger partial charge in [0.2, 0.25) is 16.9 Å². The second-order valence-corrected chi connectivity index (χ2v) is 9.04. The minimum atomic E-state index is -0.445. The summed E-state index contributed by atoms with van der Waals surface area (Å²) in [5, 5.41) is 12.2. The van der Waals surface area contributed by atoms with Crippen molar-refractivity contribution < 1.29 is 23.5 Å². The van der Waals surface area contributed by atoms with Crippen LogP contribution >= 0.6 is 11.3 Å². The van der Waals surface area contributed by atoms with E-state index in [1.165, 1.54) is 23.5 Å². The molecule has 0 bridgehead atoms. The molecule has 3 aromatic rings. The number of halogens is 1. The van der Waals surface area contributed by atoms with Gasteiger partial charge >= 0.3 is 0 Å². The number of methoxy groups -OCH3 is 2. The number of carbonyl (C=O) groups excluding carboxylic acids is 2. The zero-order valence-electron chi connectivity index (χ0n) is 18.9. The molecule has 0 radical (unpaired) electrons. The molecule has 1 saturated heterocycles. The van der Waals surface area contributed by atoms with Crippen LogP contribution in [0.5, 0.6) is 11.5 Å². The van der Waals surface area contributed by atoms with Gasteiger partial charge in [0, 0.05) is 25.9 Å². The Kier molecular flexibility index (Phi) is 7.36. The first-order valence-corrected chi connectivity index (χ1v) is 11.6. The summed E-state index contributed by atoms with van der Waals surface area (Å²) in [6.45, 7) is 0.839. The van der Waals surface area contributed by atoms with Crippen LogP contribution in [-0.2, 0) is 22.4 Å². The maximum absolute atomic E-state index is 13.1. The molecule has 0 aliphatic carbocycles. The van der Waals surface area contributed by atoms with E-state index in [0.717, 1.165) is 16.1 Å². The van der Waals surface area contributed by atoms with Crippen LogP contribution in [0.1, 0.15) is 22.6 Å². The summed E-state index contributed by atoms with van der Waals surface area (Å²) in [7, 11) is 3.16. The molecular weight excluding hydrogens is 459 g/mol. The van der Waals surface area contributed by atoms with E-state index < -0.39 is 5.92 Å². The summed E-state index contributed by atoms with van der Waals surface area (Å²) in [5.74, 6) is 0.238. The number of ether oxygens (including phenoxy) is 2. The van der Waals surface area contributed by atoms with Crippen molar-refractivity contribution in [3.63, 3.8) is 0 Å². The van der Waals surface area contributed by atoms with Gasteiger partial charge in [-0.05, 0) is 41.8 Å². The van der Waals surface area contributed by atoms with Gasteiger partial charge in [-0.3, -0.25) is 9.59 Å². The van der Waals surface area contributed by atoms with E-state index in [4.69, 9.17) is 9.47 Å². The lowest BCUT2D eigenvalue weighted by Crippen LogP contribution is -2.30. The van der Waals surface area contributed by atoms with Crippen LogP contribution < -0.4 is 14.8 Å². The van der Waals surface area contributed by atoms with Gasteiger partial charge in [0.15, 0.2) is 11.5 Å². The fourth-order valence-corrected chi connectivity index (χ4v) is 4.60. The van der Waals surface area contributed by atoms with Crippen molar-refractivity contribution in [2.24, 2.45) is 5.92 Å². The van der Waals surface area contributed by atoms with E-state index in [1.807, 2.05) is 18.2 Å². The Bertz CT molecular complexity index is 1170. The molecule has 0 spiro atoms. The molecule has 0 unspecified atom stereocenters. The van der Waals surface area contributed by atoms with E-state index in [1.54, 1.807) is 31.3 Å². The number of benzene rings is 2. The molecule has 1 aliphatic heterocycles. The maximum atomic E-state index is 13.1. The van der Waals surface area contributed by atoms with Gasteiger partial charge < -0.3 is 19.7 Å². The van der Waals surface area contributed by atoms with Crippen molar-refractivity contribution >= 4 is 28.3 Å². The maximum Gasteiger partial charge on any atom is 0.231 e. The van der Waals surface area contributed by atoms with Crippen LogP contribution in [0.15, 0.2) is 42.5 Å². The van der Waals surface area contributed by atoms with Crippen molar-refractivity contribution in [3.05, 3.63) is 64.4 Å². The Labute approximate surface area is 200 Å². The lowest BCUT2D eigenvalue weighted by molar-refractivity contribution is -0.128. The molecule has 34 heavy (non-hydrogen) atoms. The third-order valence-electron chi connectivity index (χ3n) is 5.67. The number of nitrogens with zero attached hydrogens (tertiary/aromatic N) is 3. The average Bonchev–Trinajstić information content (AvgIpc) is 3.44. The van der Waals surface area contributed by atoms with Gasteiger partial charge in [-0.25, -0.2) is 4.39 Å². The minimum Gasteiger partial charge on any atom is -0.493 e. The van der Waals surface area contributed by atoms with E-state index in [2.05, 4.69) is 15.5 Å². The number of hydrogen-bond acceptors (Lipinski definition) is 7. The fraction of sp³-hybridized carbons (Fsp3) is 0.333. The molecule has 0 saturated carbocycles. The first-order chi connectivity index (χ1) is 16.4. The third kappa shape index (κ3) is 5.69. The fourth-order valence-electron chi connectivity index (χ4n) is 3.83. The molecule has 178 valence electrons. The molecule has 1 fully saturated rings. The van der Waals surface area contributed by atoms with Crippen LogP contribution in [0.25, 0.3) is 0 Å². The molecule has 1 aromatic heterocycles. The lowest BCUT2D eigenvalue weighted by atomic mass is 10.1. The van der Waals surface area contributed by atoms with Gasteiger partial charge in [-0.1, -0.05) is 29.5 Å². The zero-order chi connectivity index (χ0) is 24.1. The van der Waals surface area contributed by atoms with Crippen LogP contribution in [-0.4, -0.2) is 54.2 Å². The molecule has 2 aromatic carbocycles. The molecule has 4 rings (SSSR count). The average molecular weight is 485 g/mol. The quantitative estimate of drug-likeness (QED) is 0.501. The second kappa shape index (κ2) is 10.6. The summed E-state index contributed by atoms with van der Waals surface area (Å²) in [6, 6.07) is 11.8. The topological polar surface area (TPSA) is 93.7 Å². The van der Waals surface area contributed by atoms with Crippen molar-refractivity contribution in [2.45, 2.75) is 19.3 Å². The number of carbonyl (C=O) groups is 2. The molecule has 2 heterocycles. The Morgan fingerprint density at radius 1 is 1.12 bits per heavy atom. The Hall–Kier alpha value is -3.53. The molecule has 10 heteroatoms. The number of likely N-dealkylation sites (tertiary alicyclic amines) is 1. The Morgan fingerprint density at radius 2 is 1.85 bits per heavy atom. The number of hydrogen-bond donors (Lipinski definition) is 1. The van der Waals surface area contributed by atoms with Crippen molar-refractivity contribution in [3.8, 4) is 11.5 Å². The number of aromatic nitrogens is 2. The number of nitrogens with one attached hydrogen (secondary N) is 1. The van der Waals surface area contributed by atoms with Gasteiger partial charge in [0.25, 0.3) is 0 Å². The minimum absolute atomic E-state index is 0.0614. The number of amides is 2. The molecule has 8 nitrogen and oxygen atoms in total. The summed E-state index contributed by atoms with van der Waals surface area (Å²) in [4.78, 5) is 26.8. The highest BCUT2D eigenvalue weighted by molar-refractivity contribution is 7.15. The van der Waals surface area contributed by atoms with Crippen LogP contribution in [0.3, 0.4) is 0 Å². The van der Waals surface area contributed by atoms with Crippen molar-refractivity contribution in [2.75, 3.05) is 32.6 Å². The Morgan fingerprint density at radius 3 is 2.59 bits per heavy atom. The molecular formula is C24H25FN4O4S. The van der Waals surface area contributed by atoms with Crippen LogP contribution in [0, 0.1) is 11.7 Å². The highest BCUT2D eigenvalue weighted by Crippen LogP contribution is 2.29. The second-order valence-electron chi connectivity index (χ2n) is 7.97. The molecule has 1 N–H and O–H groups in total. The molecule has 2 amide bonds. The number of rotatable bonds is 9. The third-order valence-corrected chi connectivity index (χ3v) is 6.51. The summed E-state index contributed by atoms with van der Waals surface area (Å²) in [5.41, 5.74) is 1.92. The normalized spacial score (nSPS) is 15.4.